The van der Waals surface area contributed by atoms with E-state index in [1.807, 2.05) is 0 Å². The Hall–Kier alpha value is -3.17. The van der Waals surface area contributed by atoms with Crippen molar-refractivity contribution in [3.8, 4) is 0 Å². The fraction of sp³-hybridized carbons (Fsp3) is 0.400. The predicted molar refractivity (Wildman–Crippen MR) is 84.3 cm³/mol. The summed E-state index contributed by atoms with van der Waals surface area (Å²) < 4.78 is 6.16. The molecule has 0 saturated carbocycles. The van der Waals surface area contributed by atoms with Gasteiger partial charge in [-0.2, -0.15) is 0 Å². The van der Waals surface area contributed by atoms with Crippen LogP contribution in [0.2, 0.25) is 0 Å². The van der Waals surface area contributed by atoms with Crippen LogP contribution in [0.4, 0.5) is 0 Å². The number of aromatic nitrogens is 3. The highest BCUT2D eigenvalue weighted by Crippen LogP contribution is 2.06. The van der Waals surface area contributed by atoms with Gasteiger partial charge >= 0.3 is 5.97 Å². The number of hydrogen-bond donors (Lipinski definition) is 3. The van der Waals surface area contributed by atoms with Crippen molar-refractivity contribution in [2.24, 2.45) is 5.92 Å². The van der Waals surface area contributed by atoms with Crippen LogP contribution in [0.25, 0.3) is 0 Å². The van der Waals surface area contributed by atoms with Gasteiger partial charge in [0, 0.05) is 0 Å². The van der Waals surface area contributed by atoms with Crippen LogP contribution in [0.15, 0.2) is 29.0 Å². The van der Waals surface area contributed by atoms with Crippen molar-refractivity contribution in [3.05, 3.63) is 36.0 Å². The third-order valence-corrected chi connectivity index (χ3v) is 3.31. The smallest absolute Gasteiger partial charge is 0.325 e. The minimum absolute atomic E-state index is 0.0678. The van der Waals surface area contributed by atoms with E-state index in [9.17, 15) is 14.4 Å². The van der Waals surface area contributed by atoms with E-state index in [0.29, 0.717) is 5.69 Å². The van der Waals surface area contributed by atoms with E-state index in [1.54, 1.807) is 19.9 Å². The maximum absolute atomic E-state index is 12.3. The second kappa shape index (κ2) is 8.08. The fourth-order valence-electron chi connectivity index (χ4n) is 2.08. The maximum Gasteiger partial charge on any atom is 0.325 e. The molecule has 0 spiro atoms. The molecule has 134 valence electrons. The van der Waals surface area contributed by atoms with Crippen LogP contribution in [0.1, 0.15) is 30.1 Å². The molecule has 2 aromatic heterocycles. The van der Waals surface area contributed by atoms with Gasteiger partial charge in [-0.05, 0) is 18.1 Å². The van der Waals surface area contributed by atoms with Gasteiger partial charge in [-0.25, -0.2) is 4.68 Å². The van der Waals surface area contributed by atoms with E-state index in [4.69, 9.17) is 9.52 Å². The van der Waals surface area contributed by atoms with E-state index >= 15 is 0 Å². The van der Waals surface area contributed by atoms with Crippen LogP contribution >= 0.6 is 0 Å². The van der Waals surface area contributed by atoms with Crippen molar-refractivity contribution in [2.75, 3.05) is 0 Å². The molecule has 25 heavy (non-hydrogen) atoms. The minimum atomic E-state index is -1.04. The number of carbonyl (C=O) groups excluding carboxylic acids is 2. The van der Waals surface area contributed by atoms with Crippen molar-refractivity contribution in [2.45, 2.75) is 33.0 Å². The summed E-state index contributed by atoms with van der Waals surface area (Å²) in [4.78, 5) is 35.0. The van der Waals surface area contributed by atoms with Crippen LogP contribution in [-0.4, -0.2) is 43.9 Å². The zero-order chi connectivity index (χ0) is 18.4. The standard InChI is InChI=1S/C15H19N5O5/c1-9(2)13(17-14(23)11-4-3-5-25-11)15(24)16-6-10-7-20(19-18-10)8-12(21)22/h3-5,7,9,13H,6,8H2,1-2H3,(H,16,24)(H,17,23)(H,21,22). The normalized spacial score (nSPS) is 12.0. The molecule has 2 aromatic rings. The first-order valence-electron chi connectivity index (χ1n) is 7.59. The van der Waals surface area contributed by atoms with Gasteiger partial charge in [-0.1, -0.05) is 19.1 Å². The summed E-state index contributed by atoms with van der Waals surface area (Å²) in [6.07, 6.45) is 2.81. The lowest BCUT2D eigenvalue weighted by molar-refractivity contribution is -0.138. The number of nitrogens with one attached hydrogen (secondary N) is 2. The molecule has 1 unspecified atom stereocenters. The molecule has 3 N–H and O–H groups in total. The van der Waals surface area contributed by atoms with Gasteiger partial charge in [0.05, 0.1) is 19.0 Å². The van der Waals surface area contributed by atoms with Crippen molar-refractivity contribution in [1.82, 2.24) is 25.6 Å². The zero-order valence-corrected chi connectivity index (χ0v) is 13.8. The van der Waals surface area contributed by atoms with Gasteiger partial charge in [0.2, 0.25) is 5.91 Å². The Kier molecular flexibility index (Phi) is 5.88. The number of nitrogens with zero attached hydrogens (tertiary/aromatic N) is 3. The summed E-state index contributed by atoms with van der Waals surface area (Å²) in [7, 11) is 0. The average Bonchev–Trinajstić information content (AvgIpc) is 3.20. The number of amides is 2. The molecule has 2 rings (SSSR count). The van der Waals surface area contributed by atoms with Crippen molar-refractivity contribution < 1.29 is 23.9 Å². The first-order valence-corrected chi connectivity index (χ1v) is 7.59. The molecule has 0 fully saturated rings. The molecule has 0 saturated heterocycles. The third kappa shape index (κ3) is 5.16. The number of carboxylic acids is 1. The Morgan fingerprint density at radius 1 is 1.36 bits per heavy atom. The van der Waals surface area contributed by atoms with Crippen molar-refractivity contribution in [1.29, 1.82) is 0 Å². The molecule has 10 nitrogen and oxygen atoms in total. The van der Waals surface area contributed by atoms with E-state index in [1.165, 1.54) is 18.5 Å². The molecule has 0 bridgehead atoms. The Morgan fingerprint density at radius 2 is 2.12 bits per heavy atom. The van der Waals surface area contributed by atoms with Crippen molar-refractivity contribution >= 4 is 17.8 Å². The first kappa shape index (κ1) is 18.2. The van der Waals surface area contributed by atoms with Gasteiger partial charge in [0.15, 0.2) is 5.76 Å². The highest BCUT2D eigenvalue weighted by atomic mass is 16.4. The summed E-state index contributed by atoms with van der Waals surface area (Å²) in [5.41, 5.74) is 0.412. The Bertz CT molecular complexity index is 737. The van der Waals surface area contributed by atoms with E-state index in [-0.39, 0.29) is 30.7 Å². The van der Waals surface area contributed by atoms with E-state index in [0.717, 1.165) is 4.68 Å². The molecular formula is C15H19N5O5. The number of rotatable bonds is 8. The summed E-state index contributed by atoms with van der Waals surface area (Å²) in [5, 5.41) is 21.4. The van der Waals surface area contributed by atoms with Crippen LogP contribution in [0, 0.1) is 5.92 Å². The van der Waals surface area contributed by atoms with E-state index < -0.39 is 17.9 Å². The van der Waals surface area contributed by atoms with Gasteiger partial charge < -0.3 is 20.2 Å². The molecule has 10 heteroatoms. The number of carbonyl (C=O) groups is 3. The molecule has 0 aliphatic rings. The number of carboxylic acid groups (broad SMARTS) is 1. The predicted octanol–water partition coefficient (Wildman–Crippen LogP) is 0.0265. The lowest BCUT2D eigenvalue weighted by atomic mass is 10.0. The number of furan rings is 1. The van der Waals surface area contributed by atoms with Crippen molar-refractivity contribution in [3.63, 3.8) is 0 Å². The molecule has 0 aromatic carbocycles. The number of aliphatic carboxylic acids is 1. The lowest BCUT2D eigenvalue weighted by Crippen LogP contribution is -2.49. The zero-order valence-electron chi connectivity index (χ0n) is 13.8. The first-order chi connectivity index (χ1) is 11.9. The van der Waals surface area contributed by atoms with Gasteiger partial charge in [-0.15, -0.1) is 5.10 Å². The highest BCUT2D eigenvalue weighted by molar-refractivity contribution is 5.95. The van der Waals surface area contributed by atoms with Crippen LogP contribution in [-0.2, 0) is 22.7 Å². The molecule has 0 aliphatic carbocycles. The maximum atomic E-state index is 12.3. The Labute approximate surface area is 143 Å². The second-order valence-electron chi connectivity index (χ2n) is 5.69. The monoisotopic (exact) mass is 349 g/mol. The highest BCUT2D eigenvalue weighted by Gasteiger charge is 2.25. The molecular weight excluding hydrogens is 330 g/mol. The topological polar surface area (TPSA) is 139 Å². The fourth-order valence-corrected chi connectivity index (χ4v) is 2.08. The Morgan fingerprint density at radius 3 is 2.72 bits per heavy atom. The number of hydrogen-bond acceptors (Lipinski definition) is 6. The summed E-state index contributed by atoms with van der Waals surface area (Å²) in [5.74, 6) is -1.94. The van der Waals surface area contributed by atoms with Crippen LogP contribution in [0.5, 0.6) is 0 Å². The quantitative estimate of drug-likeness (QED) is 0.610. The minimum Gasteiger partial charge on any atom is -0.480 e. The molecule has 0 radical (unpaired) electrons. The van der Waals surface area contributed by atoms with Gasteiger partial charge in [-0.3, -0.25) is 14.4 Å². The average molecular weight is 349 g/mol. The third-order valence-electron chi connectivity index (χ3n) is 3.31. The largest absolute Gasteiger partial charge is 0.480 e. The molecule has 1 atom stereocenters. The summed E-state index contributed by atoms with van der Waals surface area (Å²) in [6.45, 7) is 3.36. The van der Waals surface area contributed by atoms with Crippen LogP contribution < -0.4 is 10.6 Å². The van der Waals surface area contributed by atoms with Crippen LogP contribution in [0.3, 0.4) is 0 Å². The van der Waals surface area contributed by atoms with E-state index in [2.05, 4.69) is 20.9 Å². The second-order valence-corrected chi connectivity index (χ2v) is 5.69. The van der Waals surface area contributed by atoms with Gasteiger partial charge in [0.1, 0.15) is 18.3 Å². The molecule has 2 heterocycles. The Balaban J connectivity index is 1.92. The molecule has 2 amide bonds. The summed E-state index contributed by atoms with van der Waals surface area (Å²) >= 11 is 0. The lowest BCUT2D eigenvalue weighted by Gasteiger charge is -2.20. The summed E-state index contributed by atoms with van der Waals surface area (Å²) in [6, 6.07) is 2.33. The molecule has 0 aliphatic heterocycles. The SMILES string of the molecule is CC(C)C(NC(=O)c1ccco1)C(=O)NCc1cn(CC(=O)O)nn1. The van der Waals surface area contributed by atoms with Gasteiger partial charge in [0.25, 0.3) is 5.91 Å².